The second kappa shape index (κ2) is 7.31. The molecule has 5 rings (SSSR count). The maximum absolute atomic E-state index is 6.40. The molecular formula is C26H25NOS. The lowest BCUT2D eigenvalue weighted by Crippen LogP contribution is -2.15. The zero-order valence-electron chi connectivity index (χ0n) is 16.9. The molecule has 3 aromatic carbocycles. The maximum Gasteiger partial charge on any atom is 0.219 e. The van der Waals surface area contributed by atoms with E-state index in [4.69, 9.17) is 17.0 Å². The fourth-order valence-electron chi connectivity index (χ4n) is 4.37. The van der Waals surface area contributed by atoms with Crippen LogP contribution in [0.25, 0.3) is 11.0 Å². The quantitative estimate of drug-likeness (QED) is 0.356. The number of anilines is 3. The maximum atomic E-state index is 6.40. The van der Waals surface area contributed by atoms with Crippen LogP contribution in [0.2, 0.25) is 0 Å². The number of furan rings is 1. The second-order valence-corrected chi connectivity index (χ2v) is 8.50. The zero-order chi connectivity index (χ0) is 20.0. The summed E-state index contributed by atoms with van der Waals surface area (Å²) in [4.78, 5) is 3.14. The number of hydrogen-bond donors (Lipinski definition) is 1. The van der Waals surface area contributed by atoms with E-state index in [1.54, 1.807) is 0 Å². The summed E-state index contributed by atoms with van der Waals surface area (Å²) in [5.74, 6) is 0.789. The summed E-state index contributed by atoms with van der Waals surface area (Å²) in [5.41, 5.74) is 8.52. The number of fused-ring (bicyclic) bond motifs is 2. The van der Waals surface area contributed by atoms with E-state index in [9.17, 15) is 0 Å². The minimum atomic E-state index is 0.789. The highest BCUT2D eigenvalue weighted by atomic mass is 32.1. The van der Waals surface area contributed by atoms with Crippen LogP contribution < -0.4 is 4.90 Å². The molecule has 0 amide bonds. The molecule has 0 saturated carbocycles. The van der Waals surface area contributed by atoms with E-state index in [-0.39, 0.29) is 0 Å². The monoisotopic (exact) mass is 399 g/mol. The van der Waals surface area contributed by atoms with Gasteiger partial charge in [-0.2, -0.15) is 0 Å². The molecule has 146 valence electrons. The fourth-order valence-corrected chi connectivity index (χ4v) is 4.69. The molecule has 0 saturated heterocycles. The number of aryl methyl sites for hydroxylation is 3. The Kier molecular flexibility index (Phi) is 4.63. The van der Waals surface area contributed by atoms with Gasteiger partial charge in [-0.15, -0.1) is 12.6 Å². The molecule has 4 aromatic rings. The van der Waals surface area contributed by atoms with Crippen molar-refractivity contribution in [1.29, 1.82) is 0 Å². The van der Waals surface area contributed by atoms with Crippen LogP contribution in [0, 0.1) is 13.8 Å². The Morgan fingerprint density at radius 3 is 2.45 bits per heavy atom. The van der Waals surface area contributed by atoms with E-state index in [1.165, 1.54) is 40.8 Å². The van der Waals surface area contributed by atoms with Gasteiger partial charge in [-0.25, -0.2) is 0 Å². The number of nitrogens with zero attached hydrogens (tertiary/aromatic N) is 1. The Balaban J connectivity index is 1.77. The standard InChI is InChI=1S/C26H25NOS/c1-17-10-13-20(14-11-17)27(23-9-5-7-19-6-3-4-8-21(19)23)26-25(29)22-16-18(2)12-15-24(22)28-26/h5,7,9-16,29H,3-4,6,8H2,1-2H3. The highest BCUT2D eigenvalue weighted by Gasteiger charge is 2.25. The molecule has 0 atom stereocenters. The first-order valence-electron chi connectivity index (χ1n) is 10.3. The molecule has 0 bridgehead atoms. The first-order valence-corrected chi connectivity index (χ1v) is 10.8. The number of benzene rings is 3. The average Bonchev–Trinajstić information content (AvgIpc) is 3.06. The molecule has 29 heavy (non-hydrogen) atoms. The predicted octanol–water partition coefficient (Wildman–Crippen LogP) is 7.69. The highest BCUT2D eigenvalue weighted by Crippen LogP contribution is 2.45. The molecule has 0 spiro atoms. The van der Waals surface area contributed by atoms with E-state index >= 15 is 0 Å². The van der Waals surface area contributed by atoms with Crippen molar-refractivity contribution in [3.63, 3.8) is 0 Å². The third-order valence-electron chi connectivity index (χ3n) is 5.91. The van der Waals surface area contributed by atoms with Crippen LogP contribution in [0.15, 0.2) is 70.0 Å². The fraction of sp³-hybridized carbons (Fsp3) is 0.231. The van der Waals surface area contributed by atoms with Crippen LogP contribution in [0.1, 0.15) is 35.1 Å². The summed E-state index contributed by atoms with van der Waals surface area (Å²) in [5, 5.41) is 1.06. The molecule has 0 unspecified atom stereocenters. The lowest BCUT2D eigenvalue weighted by atomic mass is 9.90. The van der Waals surface area contributed by atoms with Crippen molar-refractivity contribution >= 4 is 40.9 Å². The lowest BCUT2D eigenvalue weighted by Gasteiger charge is -2.28. The topological polar surface area (TPSA) is 16.4 Å². The molecule has 1 aromatic heterocycles. The largest absolute Gasteiger partial charge is 0.439 e. The number of rotatable bonds is 3. The molecule has 1 aliphatic rings. The SMILES string of the molecule is Cc1ccc(N(c2cccc3c2CCCC3)c2oc3ccc(C)cc3c2S)cc1. The lowest BCUT2D eigenvalue weighted by molar-refractivity contribution is 0.612. The molecule has 1 heterocycles. The third kappa shape index (κ3) is 3.24. The van der Waals surface area contributed by atoms with Crippen molar-refractivity contribution < 1.29 is 4.42 Å². The van der Waals surface area contributed by atoms with E-state index in [1.807, 2.05) is 6.07 Å². The highest BCUT2D eigenvalue weighted by molar-refractivity contribution is 7.80. The average molecular weight is 400 g/mol. The van der Waals surface area contributed by atoms with Gasteiger partial charge < -0.3 is 4.42 Å². The van der Waals surface area contributed by atoms with E-state index in [0.29, 0.717) is 0 Å². The summed E-state index contributed by atoms with van der Waals surface area (Å²) in [6.45, 7) is 4.22. The Morgan fingerprint density at radius 2 is 1.62 bits per heavy atom. The summed E-state index contributed by atoms with van der Waals surface area (Å²) in [6, 6.07) is 21.6. The minimum absolute atomic E-state index is 0.789. The molecule has 1 aliphatic carbocycles. The summed E-state index contributed by atoms with van der Waals surface area (Å²) in [6.07, 6.45) is 4.76. The molecule has 0 aliphatic heterocycles. The Labute approximate surface area is 177 Å². The van der Waals surface area contributed by atoms with E-state index in [0.717, 1.165) is 40.3 Å². The normalized spacial score (nSPS) is 13.5. The summed E-state index contributed by atoms with van der Waals surface area (Å²) in [7, 11) is 0. The van der Waals surface area contributed by atoms with Crippen LogP contribution in [0.5, 0.6) is 0 Å². The van der Waals surface area contributed by atoms with Crippen molar-refractivity contribution in [2.24, 2.45) is 0 Å². The van der Waals surface area contributed by atoms with Crippen LogP contribution in [0.4, 0.5) is 17.3 Å². The van der Waals surface area contributed by atoms with Gasteiger partial charge in [-0.1, -0.05) is 41.5 Å². The number of thiol groups is 1. The van der Waals surface area contributed by atoms with Gasteiger partial charge in [-0.3, -0.25) is 4.90 Å². The molecule has 0 fully saturated rings. The minimum Gasteiger partial charge on any atom is -0.439 e. The van der Waals surface area contributed by atoms with Gasteiger partial charge in [0.2, 0.25) is 5.88 Å². The summed E-state index contributed by atoms with van der Waals surface area (Å²) >= 11 is 4.91. The van der Waals surface area contributed by atoms with Crippen LogP contribution in [-0.4, -0.2) is 0 Å². The first kappa shape index (κ1) is 18.4. The molecule has 0 N–H and O–H groups in total. The third-order valence-corrected chi connectivity index (χ3v) is 6.34. The molecule has 0 radical (unpaired) electrons. The van der Waals surface area contributed by atoms with Crippen molar-refractivity contribution in [3.8, 4) is 0 Å². The van der Waals surface area contributed by atoms with Crippen molar-refractivity contribution in [2.45, 2.75) is 44.4 Å². The Morgan fingerprint density at radius 1 is 0.862 bits per heavy atom. The van der Waals surface area contributed by atoms with Gasteiger partial charge in [0.1, 0.15) is 5.58 Å². The molecule has 2 nitrogen and oxygen atoms in total. The van der Waals surface area contributed by atoms with Gasteiger partial charge in [0, 0.05) is 11.1 Å². The smallest absolute Gasteiger partial charge is 0.219 e. The van der Waals surface area contributed by atoms with Gasteiger partial charge in [0.05, 0.1) is 10.6 Å². The Hall–Kier alpha value is -2.65. The summed E-state index contributed by atoms with van der Waals surface area (Å²) < 4.78 is 6.40. The van der Waals surface area contributed by atoms with Crippen LogP contribution >= 0.6 is 12.6 Å². The van der Waals surface area contributed by atoms with Gasteiger partial charge in [-0.05, 0) is 81.0 Å². The van der Waals surface area contributed by atoms with E-state index < -0.39 is 0 Å². The molecule has 3 heteroatoms. The van der Waals surface area contributed by atoms with Crippen molar-refractivity contribution in [2.75, 3.05) is 4.90 Å². The number of hydrogen-bond acceptors (Lipinski definition) is 3. The van der Waals surface area contributed by atoms with E-state index in [2.05, 4.69) is 73.3 Å². The van der Waals surface area contributed by atoms with Gasteiger partial charge >= 0.3 is 0 Å². The van der Waals surface area contributed by atoms with Gasteiger partial charge in [0.15, 0.2) is 0 Å². The molecular weight excluding hydrogens is 374 g/mol. The second-order valence-electron chi connectivity index (χ2n) is 8.05. The van der Waals surface area contributed by atoms with Crippen molar-refractivity contribution in [3.05, 3.63) is 82.9 Å². The van der Waals surface area contributed by atoms with Crippen LogP contribution in [0.3, 0.4) is 0 Å². The predicted molar refractivity (Wildman–Crippen MR) is 124 cm³/mol. The van der Waals surface area contributed by atoms with Crippen molar-refractivity contribution in [1.82, 2.24) is 0 Å². The first-order chi connectivity index (χ1) is 14.1. The Bertz CT molecular complexity index is 1190. The van der Waals surface area contributed by atoms with Gasteiger partial charge in [0.25, 0.3) is 0 Å². The zero-order valence-corrected chi connectivity index (χ0v) is 17.8. The van der Waals surface area contributed by atoms with Crippen LogP contribution in [-0.2, 0) is 12.8 Å².